The molecule has 1 aliphatic heterocycles. The van der Waals surface area contributed by atoms with E-state index in [2.05, 4.69) is 56.0 Å². The molecular formula is C16H26N2O4Si. The van der Waals surface area contributed by atoms with Gasteiger partial charge in [0.25, 0.3) is 0 Å². The van der Waals surface area contributed by atoms with Gasteiger partial charge in [-0.2, -0.15) is 0 Å². The minimum atomic E-state index is -1.80. The quantitative estimate of drug-likeness (QED) is 0.531. The number of amides is 2. The maximum absolute atomic E-state index is 12.0. The highest BCUT2D eigenvalue weighted by molar-refractivity contribution is 6.87. The summed E-state index contributed by atoms with van der Waals surface area (Å²) in [7, 11) is -1.80. The fourth-order valence-corrected chi connectivity index (χ4v) is 2.76. The third kappa shape index (κ3) is 5.39. The summed E-state index contributed by atoms with van der Waals surface area (Å²) in [6.45, 7) is 10.7. The molecule has 0 aromatic carbocycles. The average molecular weight is 338 g/mol. The molecule has 23 heavy (non-hydrogen) atoms. The molecule has 1 aliphatic rings. The lowest BCUT2D eigenvalue weighted by molar-refractivity contribution is -0.141. The fraction of sp³-hybridized carbons (Fsp3) is 0.688. The van der Waals surface area contributed by atoms with E-state index in [1.165, 1.54) is 0 Å². The van der Waals surface area contributed by atoms with Crippen molar-refractivity contribution in [2.45, 2.75) is 70.2 Å². The standard InChI is InChI=1S/C16H26N2O4Si/c1-16(2,3)23(4,5)10-6-7-12(15(21)22)18-14(20)11-8-9-13(19)17-11/h11-12H,7-9H2,1-5H3,(H,17,19)(H,18,20)(H,21,22)/t11-,12+/m0/s1. The second kappa shape index (κ2) is 7.17. The van der Waals surface area contributed by atoms with E-state index in [9.17, 15) is 19.5 Å². The molecule has 0 radical (unpaired) electrons. The SMILES string of the molecule is CC(C)(C)[Si](C)(C)C#CC[C@@H](NC(=O)[C@@H]1CCC(=O)N1)C(=O)O. The minimum Gasteiger partial charge on any atom is -0.480 e. The Labute approximate surface area is 138 Å². The lowest BCUT2D eigenvalue weighted by Gasteiger charge is -2.31. The number of rotatable bonds is 4. The molecule has 128 valence electrons. The molecule has 2 atom stereocenters. The first-order chi connectivity index (χ1) is 10.4. The van der Waals surface area contributed by atoms with Crippen molar-refractivity contribution in [3.63, 3.8) is 0 Å². The maximum atomic E-state index is 12.0. The number of carboxylic acids is 1. The average Bonchev–Trinajstić information content (AvgIpc) is 2.82. The largest absolute Gasteiger partial charge is 0.480 e. The Morgan fingerprint density at radius 3 is 2.48 bits per heavy atom. The predicted molar refractivity (Wildman–Crippen MR) is 90.3 cm³/mol. The monoisotopic (exact) mass is 338 g/mol. The third-order valence-corrected chi connectivity index (χ3v) is 9.06. The van der Waals surface area contributed by atoms with Crippen LogP contribution in [0, 0.1) is 11.5 Å². The van der Waals surface area contributed by atoms with Crippen LogP contribution in [-0.4, -0.2) is 43.0 Å². The molecule has 0 saturated carbocycles. The van der Waals surface area contributed by atoms with E-state index in [4.69, 9.17) is 0 Å². The third-order valence-electron chi connectivity index (χ3n) is 4.51. The zero-order chi connectivity index (χ0) is 17.8. The summed E-state index contributed by atoms with van der Waals surface area (Å²) in [6, 6.07) is -1.70. The van der Waals surface area contributed by atoms with E-state index in [1.54, 1.807) is 0 Å². The van der Waals surface area contributed by atoms with Crippen LogP contribution >= 0.6 is 0 Å². The van der Waals surface area contributed by atoms with Gasteiger partial charge in [-0.25, -0.2) is 4.79 Å². The van der Waals surface area contributed by atoms with Crippen LogP contribution in [0.3, 0.4) is 0 Å². The number of nitrogens with one attached hydrogen (secondary N) is 2. The van der Waals surface area contributed by atoms with E-state index in [1.807, 2.05) is 0 Å². The van der Waals surface area contributed by atoms with Crippen LogP contribution in [0.1, 0.15) is 40.0 Å². The molecule has 7 heteroatoms. The smallest absolute Gasteiger partial charge is 0.327 e. The molecule has 2 amide bonds. The molecule has 6 nitrogen and oxygen atoms in total. The van der Waals surface area contributed by atoms with E-state index < -0.39 is 32.0 Å². The number of hydrogen-bond donors (Lipinski definition) is 3. The first kappa shape index (κ1) is 19.2. The molecule has 3 N–H and O–H groups in total. The van der Waals surface area contributed by atoms with Gasteiger partial charge in [0.2, 0.25) is 11.8 Å². The summed E-state index contributed by atoms with van der Waals surface area (Å²) >= 11 is 0. The van der Waals surface area contributed by atoms with Crippen LogP contribution in [-0.2, 0) is 14.4 Å². The summed E-state index contributed by atoms with van der Waals surface area (Å²) in [4.78, 5) is 34.4. The van der Waals surface area contributed by atoms with Crippen molar-refractivity contribution in [1.82, 2.24) is 10.6 Å². The second-order valence-electron chi connectivity index (χ2n) is 7.44. The first-order valence-electron chi connectivity index (χ1n) is 7.76. The Bertz CT molecular complexity index is 555. The fourth-order valence-electron chi connectivity index (χ4n) is 1.84. The van der Waals surface area contributed by atoms with Crippen LogP contribution in [0.2, 0.25) is 18.1 Å². The molecule has 0 bridgehead atoms. The molecule has 0 unspecified atom stereocenters. The van der Waals surface area contributed by atoms with Gasteiger partial charge in [0, 0.05) is 12.8 Å². The predicted octanol–water partition coefficient (Wildman–Crippen LogP) is 1.28. The van der Waals surface area contributed by atoms with Crippen LogP contribution < -0.4 is 10.6 Å². The molecule has 0 aromatic rings. The van der Waals surface area contributed by atoms with Crippen molar-refractivity contribution in [2.24, 2.45) is 0 Å². The van der Waals surface area contributed by atoms with Crippen molar-refractivity contribution in [3.8, 4) is 11.5 Å². The van der Waals surface area contributed by atoms with Crippen LogP contribution in [0.25, 0.3) is 0 Å². The Morgan fingerprint density at radius 2 is 2.04 bits per heavy atom. The summed E-state index contributed by atoms with van der Waals surface area (Å²) in [5.41, 5.74) is 3.24. The van der Waals surface area contributed by atoms with E-state index in [0.717, 1.165) is 0 Å². The van der Waals surface area contributed by atoms with Crippen molar-refractivity contribution in [1.29, 1.82) is 0 Å². The Kier molecular flexibility index (Phi) is 6.00. The Balaban J connectivity index is 2.69. The van der Waals surface area contributed by atoms with Gasteiger partial charge in [0.15, 0.2) is 0 Å². The highest BCUT2D eigenvalue weighted by Gasteiger charge is 2.34. The molecular weight excluding hydrogens is 312 g/mol. The highest BCUT2D eigenvalue weighted by Crippen LogP contribution is 2.35. The van der Waals surface area contributed by atoms with Crippen molar-refractivity contribution < 1.29 is 19.5 Å². The summed E-state index contributed by atoms with van der Waals surface area (Å²) in [6.07, 6.45) is 0.752. The van der Waals surface area contributed by atoms with Crippen LogP contribution in [0.4, 0.5) is 0 Å². The van der Waals surface area contributed by atoms with Crippen molar-refractivity contribution in [2.75, 3.05) is 0 Å². The maximum Gasteiger partial charge on any atom is 0.327 e. The van der Waals surface area contributed by atoms with Gasteiger partial charge in [0.1, 0.15) is 20.2 Å². The normalized spacial score (nSPS) is 19.3. The van der Waals surface area contributed by atoms with E-state index >= 15 is 0 Å². The molecule has 1 rings (SSSR count). The van der Waals surface area contributed by atoms with Gasteiger partial charge < -0.3 is 15.7 Å². The van der Waals surface area contributed by atoms with E-state index in [-0.39, 0.29) is 17.4 Å². The minimum absolute atomic E-state index is 0.0637. The Hall–Kier alpha value is -1.81. The summed E-state index contributed by atoms with van der Waals surface area (Å²) in [5.74, 6) is 1.18. The number of aliphatic carboxylic acids is 1. The molecule has 1 saturated heterocycles. The van der Waals surface area contributed by atoms with Crippen LogP contribution in [0.15, 0.2) is 0 Å². The van der Waals surface area contributed by atoms with Gasteiger partial charge in [0.05, 0.1) is 0 Å². The zero-order valence-electron chi connectivity index (χ0n) is 14.4. The number of hydrogen-bond acceptors (Lipinski definition) is 3. The van der Waals surface area contributed by atoms with Gasteiger partial charge in [-0.05, 0) is 11.5 Å². The molecule has 0 spiro atoms. The second-order valence-corrected chi connectivity index (χ2v) is 12.4. The van der Waals surface area contributed by atoms with E-state index in [0.29, 0.717) is 12.8 Å². The van der Waals surface area contributed by atoms with Gasteiger partial charge in [-0.15, -0.1) is 11.5 Å². The number of carbonyl (C=O) groups is 3. The topological polar surface area (TPSA) is 95.5 Å². The number of carbonyl (C=O) groups excluding carboxylic acids is 2. The molecule has 1 heterocycles. The molecule has 0 aromatic heterocycles. The summed E-state index contributed by atoms with van der Waals surface area (Å²) in [5, 5.41) is 14.3. The first-order valence-corrected chi connectivity index (χ1v) is 10.8. The van der Waals surface area contributed by atoms with Crippen molar-refractivity contribution in [3.05, 3.63) is 0 Å². The zero-order valence-corrected chi connectivity index (χ0v) is 15.4. The van der Waals surface area contributed by atoms with Gasteiger partial charge in [-0.1, -0.05) is 33.9 Å². The molecule has 1 fully saturated rings. The van der Waals surface area contributed by atoms with Gasteiger partial charge >= 0.3 is 5.97 Å². The Morgan fingerprint density at radius 1 is 1.43 bits per heavy atom. The lowest BCUT2D eigenvalue weighted by Crippen LogP contribution is -2.48. The van der Waals surface area contributed by atoms with Crippen molar-refractivity contribution >= 4 is 25.9 Å². The van der Waals surface area contributed by atoms with Crippen LogP contribution in [0.5, 0.6) is 0 Å². The molecule has 0 aliphatic carbocycles. The number of carboxylic acid groups (broad SMARTS) is 1. The highest BCUT2D eigenvalue weighted by atomic mass is 28.3. The summed E-state index contributed by atoms with van der Waals surface area (Å²) < 4.78 is 0. The lowest BCUT2D eigenvalue weighted by atomic mass is 10.1. The van der Waals surface area contributed by atoms with Gasteiger partial charge in [-0.3, -0.25) is 9.59 Å².